The summed E-state index contributed by atoms with van der Waals surface area (Å²) >= 11 is 0. The summed E-state index contributed by atoms with van der Waals surface area (Å²) < 4.78 is 40.8. The topological polar surface area (TPSA) is 82.1 Å². The van der Waals surface area contributed by atoms with Crippen LogP contribution in [0.15, 0.2) is 48.5 Å². The quantitative estimate of drug-likeness (QED) is 0.741. The number of methoxy groups -OCH3 is 1. The van der Waals surface area contributed by atoms with Gasteiger partial charge in [-0.15, -0.1) is 0 Å². The summed E-state index contributed by atoms with van der Waals surface area (Å²) in [6.07, 6.45) is -0.388. The Hall–Kier alpha value is -2.74. The number of nitrogens with zero attached hydrogens (tertiary/aromatic N) is 1. The van der Waals surface area contributed by atoms with Crippen molar-refractivity contribution in [3.05, 3.63) is 54.1 Å². The average Bonchev–Trinajstić information content (AvgIpc) is 3.11. The van der Waals surface area contributed by atoms with Gasteiger partial charge in [-0.2, -0.15) is 0 Å². The number of hydrogen-bond donors (Lipinski definition) is 0. The number of benzene rings is 2. The lowest BCUT2D eigenvalue weighted by atomic mass is 10.1. The van der Waals surface area contributed by atoms with Crippen LogP contribution >= 0.6 is 0 Å². The summed E-state index contributed by atoms with van der Waals surface area (Å²) in [5.74, 6) is 1.63. The maximum atomic E-state index is 13.3. The van der Waals surface area contributed by atoms with Crippen molar-refractivity contribution in [2.45, 2.75) is 25.1 Å². The third-order valence-electron chi connectivity index (χ3n) is 5.23. The van der Waals surface area contributed by atoms with Gasteiger partial charge < -0.3 is 19.1 Å². The van der Waals surface area contributed by atoms with Crippen LogP contribution in [-0.2, 0) is 21.2 Å². The van der Waals surface area contributed by atoms with Crippen molar-refractivity contribution in [3.8, 4) is 17.2 Å². The molecule has 0 bridgehead atoms. The largest absolute Gasteiger partial charge is 0.497 e. The lowest BCUT2D eigenvalue weighted by molar-refractivity contribution is -0.143. The highest BCUT2D eigenvalue weighted by molar-refractivity contribution is 7.91. The van der Waals surface area contributed by atoms with Crippen molar-refractivity contribution in [3.63, 3.8) is 0 Å². The van der Waals surface area contributed by atoms with Crippen LogP contribution in [0.2, 0.25) is 0 Å². The number of carbonyl (C=O) groups excluding carboxylic acids is 1. The molecular formula is C21H23NO6S. The van der Waals surface area contributed by atoms with E-state index in [1.165, 1.54) is 0 Å². The molecule has 2 aromatic rings. The molecule has 0 radical (unpaired) electrons. The molecular weight excluding hydrogens is 394 g/mol. The Morgan fingerprint density at radius 2 is 1.86 bits per heavy atom. The number of rotatable bonds is 5. The van der Waals surface area contributed by atoms with Crippen molar-refractivity contribution in [1.82, 2.24) is 4.90 Å². The van der Waals surface area contributed by atoms with Gasteiger partial charge in [0.25, 0.3) is 5.91 Å². The van der Waals surface area contributed by atoms with E-state index in [1.54, 1.807) is 24.1 Å². The molecule has 0 aliphatic carbocycles. The highest BCUT2D eigenvalue weighted by Gasteiger charge is 2.39. The third-order valence-corrected chi connectivity index (χ3v) is 6.98. The standard InChI is InChI=1S/C21H23NO6S/c1-26-17-8-6-15(7-9-17)12-22(16-10-11-29(24,25)14-16)21(23)20-13-27-18-4-2-3-5-19(18)28-20/h2-9,16,20H,10-14H2,1H3. The van der Waals surface area contributed by atoms with E-state index in [-0.39, 0.29) is 30.1 Å². The fourth-order valence-electron chi connectivity index (χ4n) is 3.66. The zero-order valence-corrected chi connectivity index (χ0v) is 16.9. The van der Waals surface area contributed by atoms with E-state index in [0.29, 0.717) is 24.5 Å². The van der Waals surface area contributed by atoms with Crippen LogP contribution < -0.4 is 14.2 Å². The second-order valence-electron chi connectivity index (χ2n) is 7.24. The van der Waals surface area contributed by atoms with Crippen molar-refractivity contribution < 1.29 is 27.4 Å². The normalized spacial score (nSPS) is 22.1. The Morgan fingerprint density at radius 3 is 2.52 bits per heavy atom. The van der Waals surface area contributed by atoms with Gasteiger partial charge in [0.1, 0.15) is 12.4 Å². The third kappa shape index (κ3) is 4.32. The summed E-state index contributed by atoms with van der Waals surface area (Å²) in [6.45, 7) is 0.388. The van der Waals surface area contributed by atoms with E-state index in [2.05, 4.69) is 0 Å². The van der Waals surface area contributed by atoms with Crippen LogP contribution in [0, 0.1) is 0 Å². The number of carbonyl (C=O) groups is 1. The SMILES string of the molecule is COc1ccc(CN(C(=O)C2COc3ccccc3O2)C2CCS(=O)(=O)C2)cc1. The highest BCUT2D eigenvalue weighted by atomic mass is 32.2. The summed E-state index contributed by atoms with van der Waals surface area (Å²) in [5, 5.41) is 0. The van der Waals surface area contributed by atoms with Gasteiger partial charge in [-0.25, -0.2) is 8.42 Å². The molecule has 4 rings (SSSR count). The van der Waals surface area contributed by atoms with Gasteiger partial charge in [0.2, 0.25) is 6.10 Å². The highest BCUT2D eigenvalue weighted by Crippen LogP contribution is 2.32. The van der Waals surface area contributed by atoms with Gasteiger partial charge in [-0.1, -0.05) is 24.3 Å². The van der Waals surface area contributed by atoms with E-state index >= 15 is 0 Å². The number of fused-ring (bicyclic) bond motifs is 1. The first-order valence-electron chi connectivity index (χ1n) is 9.47. The molecule has 2 atom stereocenters. The van der Waals surface area contributed by atoms with Crippen molar-refractivity contribution in [2.24, 2.45) is 0 Å². The van der Waals surface area contributed by atoms with Gasteiger partial charge in [0.15, 0.2) is 21.3 Å². The van der Waals surface area contributed by atoms with Crippen molar-refractivity contribution >= 4 is 15.7 Å². The van der Waals surface area contributed by atoms with Crippen LogP contribution in [0.5, 0.6) is 17.2 Å². The van der Waals surface area contributed by atoms with Crippen molar-refractivity contribution in [1.29, 1.82) is 0 Å². The monoisotopic (exact) mass is 417 g/mol. The molecule has 1 fully saturated rings. The first-order chi connectivity index (χ1) is 13.9. The maximum Gasteiger partial charge on any atom is 0.267 e. The molecule has 0 saturated carbocycles. The van der Waals surface area contributed by atoms with E-state index in [4.69, 9.17) is 14.2 Å². The molecule has 0 N–H and O–H groups in total. The number of para-hydroxylation sites is 2. The van der Waals surface area contributed by atoms with E-state index in [1.807, 2.05) is 36.4 Å². The van der Waals surface area contributed by atoms with Crippen LogP contribution in [0.1, 0.15) is 12.0 Å². The smallest absolute Gasteiger partial charge is 0.267 e. The van der Waals surface area contributed by atoms with Gasteiger partial charge in [0.05, 0.1) is 18.6 Å². The Morgan fingerprint density at radius 1 is 1.14 bits per heavy atom. The first-order valence-corrected chi connectivity index (χ1v) is 11.3. The lowest BCUT2D eigenvalue weighted by Crippen LogP contribution is -2.50. The summed E-state index contributed by atoms with van der Waals surface area (Å²) in [5.41, 5.74) is 0.889. The Balaban J connectivity index is 1.56. The Labute approximate surface area is 170 Å². The molecule has 1 saturated heterocycles. The minimum Gasteiger partial charge on any atom is -0.497 e. The molecule has 2 aromatic carbocycles. The number of ether oxygens (including phenoxy) is 3. The second kappa shape index (κ2) is 7.94. The number of hydrogen-bond acceptors (Lipinski definition) is 6. The minimum atomic E-state index is -3.14. The zero-order valence-electron chi connectivity index (χ0n) is 16.1. The molecule has 2 heterocycles. The lowest BCUT2D eigenvalue weighted by Gasteiger charge is -2.34. The van der Waals surface area contributed by atoms with E-state index < -0.39 is 15.9 Å². The fourth-order valence-corrected chi connectivity index (χ4v) is 5.39. The Kier molecular flexibility index (Phi) is 5.36. The van der Waals surface area contributed by atoms with Gasteiger partial charge in [-0.05, 0) is 36.2 Å². The van der Waals surface area contributed by atoms with Gasteiger partial charge >= 0.3 is 0 Å². The zero-order chi connectivity index (χ0) is 20.4. The van der Waals surface area contributed by atoms with Gasteiger partial charge in [0, 0.05) is 12.6 Å². The predicted molar refractivity (Wildman–Crippen MR) is 107 cm³/mol. The average molecular weight is 417 g/mol. The number of amides is 1. The predicted octanol–water partition coefficient (Wildman–Crippen LogP) is 2.05. The van der Waals surface area contributed by atoms with Gasteiger partial charge in [-0.3, -0.25) is 4.79 Å². The minimum absolute atomic E-state index is 0.0287. The van der Waals surface area contributed by atoms with Crippen molar-refractivity contribution in [2.75, 3.05) is 25.2 Å². The van der Waals surface area contributed by atoms with E-state index in [0.717, 1.165) is 11.3 Å². The summed E-state index contributed by atoms with van der Waals surface area (Å²) in [4.78, 5) is 15.0. The first kappa shape index (κ1) is 19.6. The number of sulfone groups is 1. The van der Waals surface area contributed by atoms with Crippen LogP contribution in [0.3, 0.4) is 0 Å². The van der Waals surface area contributed by atoms with Crippen LogP contribution in [0.25, 0.3) is 0 Å². The molecule has 2 aliphatic heterocycles. The Bertz CT molecular complexity index is 988. The molecule has 0 aromatic heterocycles. The fraction of sp³-hybridized carbons (Fsp3) is 0.381. The molecule has 154 valence electrons. The summed E-state index contributed by atoms with van der Waals surface area (Å²) in [7, 11) is -1.55. The van der Waals surface area contributed by atoms with Crippen LogP contribution in [-0.4, -0.2) is 56.6 Å². The molecule has 29 heavy (non-hydrogen) atoms. The molecule has 7 nitrogen and oxygen atoms in total. The molecule has 2 unspecified atom stereocenters. The molecule has 1 amide bonds. The molecule has 8 heteroatoms. The van der Waals surface area contributed by atoms with E-state index in [9.17, 15) is 13.2 Å². The second-order valence-corrected chi connectivity index (χ2v) is 9.46. The van der Waals surface area contributed by atoms with Crippen LogP contribution in [0.4, 0.5) is 0 Å². The molecule has 0 spiro atoms. The summed E-state index contributed by atoms with van der Waals surface area (Å²) in [6, 6.07) is 14.2. The maximum absolute atomic E-state index is 13.3. The molecule has 2 aliphatic rings.